The third-order valence-corrected chi connectivity index (χ3v) is 10.3. The van der Waals surface area contributed by atoms with Gasteiger partial charge in [-0.15, -0.1) is 0 Å². The first-order valence-electron chi connectivity index (χ1n) is 14.9. The van der Waals surface area contributed by atoms with Crippen LogP contribution >= 0.6 is 23.2 Å². The quantitative estimate of drug-likeness (QED) is 0.249. The van der Waals surface area contributed by atoms with E-state index in [2.05, 4.69) is 37.0 Å². The predicted molar refractivity (Wildman–Crippen MR) is 178 cm³/mol. The Morgan fingerprint density at radius 1 is 0.977 bits per heavy atom. The topological polar surface area (TPSA) is 95.8 Å². The van der Waals surface area contributed by atoms with Gasteiger partial charge >= 0.3 is 10.3 Å². The zero-order chi connectivity index (χ0) is 31.0. The second-order valence-electron chi connectivity index (χ2n) is 11.7. The lowest BCUT2D eigenvalue weighted by Crippen LogP contribution is -2.52. The van der Waals surface area contributed by atoms with E-state index in [1.165, 1.54) is 12.4 Å². The Morgan fingerprint density at radius 2 is 1.70 bits per heavy atom. The molecule has 4 heterocycles. The number of hydrogen-bond donors (Lipinski definition) is 1. The van der Waals surface area contributed by atoms with Crippen molar-refractivity contribution < 1.29 is 12.6 Å². The maximum Gasteiger partial charge on any atom is 0.366 e. The summed E-state index contributed by atoms with van der Waals surface area (Å²) in [7, 11) is -1.89. The highest BCUT2D eigenvalue weighted by atomic mass is 35.5. The molecule has 234 valence electrons. The lowest BCUT2D eigenvalue weighted by Gasteiger charge is -2.42. The number of halogens is 2. The number of nitrogens with zero attached hydrogens (tertiary/aromatic N) is 6. The number of benzene rings is 2. The molecule has 0 saturated carbocycles. The van der Waals surface area contributed by atoms with E-state index in [0.717, 1.165) is 67.5 Å². The van der Waals surface area contributed by atoms with E-state index >= 15 is 0 Å². The van der Waals surface area contributed by atoms with E-state index in [-0.39, 0.29) is 5.02 Å². The highest BCUT2D eigenvalue weighted by Crippen LogP contribution is 2.36. The summed E-state index contributed by atoms with van der Waals surface area (Å²) in [4.78, 5) is 16.4. The smallest absolute Gasteiger partial charge is 0.366 e. The minimum Gasteiger partial charge on any atom is -0.370 e. The SMILES string of the molecule is CC(C)OS(=O)(=O)n1cc(-c2nc(Nc3ccc(N4CCC(N5CCN(C)CC5)CC4)c(Cl)c3)ncc2Cl)c2ccccc21. The molecule has 2 aliphatic rings. The molecule has 0 aliphatic carbocycles. The third-order valence-electron chi connectivity index (χ3n) is 8.30. The summed E-state index contributed by atoms with van der Waals surface area (Å²) in [5, 5.41) is 4.84. The van der Waals surface area contributed by atoms with Gasteiger partial charge in [0.2, 0.25) is 5.95 Å². The van der Waals surface area contributed by atoms with Crippen molar-refractivity contribution in [3.8, 4) is 11.3 Å². The number of piperidine rings is 1. The third kappa shape index (κ3) is 6.54. The minimum atomic E-state index is -4.08. The zero-order valence-corrected chi connectivity index (χ0v) is 27.4. The molecule has 0 atom stereocenters. The van der Waals surface area contributed by atoms with Gasteiger partial charge in [-0.3, -0.25) is 9.08 Å². The van der Waals surface area contributed by atoms with Gasteiger partial charge in [0, 0.05) is 68.1 Å². The fraction of sp³-hybridized carbons (Fsp3) is 0.419. The molecule has 44 heavy (non-hydrogen) atoms. The summed E-state index contributed by atoms with van der Waals surface area (Å²) >= 11 is 13.4. The number of likely N-dealkylation sites (N-methyl/N-ethyl adjacent to an activating group) is 1. The van der Waals surface area contributed by atoms with E-state index in [4.69, 9.17) is 27.4 Å². The maximum atomic E-state index is 13.0. The molecular formula is C31H37Cl2N7O3S. The highest BCUT2D eigenvalue weighted by molar-refractivity contribution is 7.85. The molecule has 2 aromatic carbocycles. The first-order chi connectivity index (χ1) is 21.1. The van der Waals surface area contributed by atoms with Gasteiger partial charge in [-0.2, -0.15) is 8.42 Å². The molecule has 0 spiro atoms. The number of nitrogens with one attached hydrogen (secondary N) is 1. The Hall–Kier alpha value is -2.93. The van der Waals surface area contributed by atoms with Gasteiger partial charge < -0.3 is 15.1 Å². The van der Waals surface area contributed by atoms with Crippen molar-refractivity contribution in [1.82, 2.24) is 23.7 Å². The van der Waals surface area contributed by atoms with E-state index in [9.17, 15) is 8.42 Å². The van der Waals surface area contributed by atoms with E-state index in [1.54, 1.807) is 26.0 Å². The summed E-state index contributed by atoms with van der Waals surface area (Å²) in [6.45, 7) is 9.83. The fourth-order valence-corrected chi connectivity index (χ4v) is 7.77. The molecule has 2 saturated heterocycles. The number of aromatic nitrogens is 3. The average Bonchev–Trinajstić information content (AvgIpc) is 3.39. The molecule has 2 aliphatic heterocycles. The molecule has 2 fully saturated rings. The second kappa shape index (κ2) is 12.8. The van der Waals surface area contributed by atoms with Crippen LogP contribution in [0.3, 0.4) is 0 Å². The van der Waals surface area contributed by atoms with Crippen LogP contribution in [0.2, 0.25) is 10.0 Å². The van der Waals surface area contributed by atoms with Crippen molar-refractivity contribution >= 4 is 61.7 Å². The number of hydrogen-bond acceptors (Lipinski definition) is 9. The number of para-hydroxylation sites is 1. The van der Waals surface area contributed by atoms with Crippen LogP contribution in [-0.2, 0) is 14.5 Å². The molecule has 13 heteroatoms. The number of fused-ring (bicyclic) bond motifs is 1. The Labute approximate surface area is 268 Å². The number of anilines is 3. The molecular weight excluding hydrogens is 621 g/mol. The van der Waals surface area contributed by atoms with Crippen molar-refractivity contribution in [2.45, 2.75) is 38.8 Å². The summed E-state index contributed by atoms with van der Waals surface area (Å²) in [5.74, 6) is 0.305. The van der Waals surface area contributed by atoms with Gasteiger partial charge in [-0.25, -0.2) is 13.9 Å². The van der Waals surface area contributed by atoms with Gasteiger partial charge in [0.05, 0.1) is 39.2 Å². The summed E-state index contributed by atoms with van der Waals surface area (Å²) in [5.41, 5.74) is 3.14. The largest absolute Gasteiger partial charge is 0.370 e. The first kappa shape index (κ1) is 31.1. The number of piperazine rings is 1. The van der Waals surface area contributed by atoms with E-state index in [1.807, 2.05) is 30.3 Å². The minimum absolute atomic E-state index is 0.286. The molecule has 1 N–H and O–H groups in total. The molecule has 0 unspecified atom stereocenters. The molecule has 0 bridgehead atoms. The molecule has 2 aromatic heterocycles. The van der Waals surface area contributed by atoms with Crippen LogP contribution in [0, 0.1) is 0 Å². The first-order valence-corrected chi connectivity index (χ1v) is 17.0. The van der Waals surface area contributed by atoms with Crippen LogP contribution in [0.5, 0.6) is 0 Å². The predicted octanol–water partition coefficient (Wildman–Crippen LogP) is 5.88. The Bertz CT molecular complexity index is 1750. The van der Waals surface area contributed by atoms with E-state index in [0.29, 0.717) is 39.2 Å². The van der Waals surface area contributed by atoms with Gasteiger partial charge in [0.25, 0.3) is 0 Å². The monoisotopic (exact) mass is 657 g/mol. The lowest BCUT2D eigenvalue weighted by molar-refractivity contribution is 0.0982. The van der Waals surface area contributed by atoms with Gasteiger partial charge in [-0.05, 0) is 58.0 Å². The summed E-state index contributed by atoms with van der Waals surface area (Å²) < 4.78 is 32.4. The van der Waals surface area contributed by atoms with Gasteiger partial charge in [0.15, 0.2) is 0 Å². The maximum absolute atomic E-state index is 13.0. The van der Waals surface area contributed by atoms with Gasteiger partial charge in [-0.1, -0.05) is 41.4 Å². The number of rotatable bonds is 8. The van der Waals surface area contributed by atoms with Crippen molar-refractivity contribution in [3.05, 3.63) is 64.9 Å². The molecule has 6 rings (SSSR count). The standard InChI is InChI=1S/C31H37Cl2N7O3S/c1-21(2)43-44(41,42)40-20-25(24-6-4-5-7-28(24)40)30-27(33)19-34-31(36-30)35-22-8-9-29(26(32)18-22)39-12-10-23(11-13-39)38-16-14-37(3)15-17-38/h4-9,18-21,23H,10-17H2,1-3H3,(H,34,35,36). The van der Waals surface area contributed by atoms with Gasteiger partial charge in [0.1, 0.15) is 0 Å². The Balaban J connectivity index is 1.20. The molecule has 10 nitrogen and oxygen atoms in total. The molecule has 0 amide bonds. The molecule has 0 radical (unpaired) electrons. The highest BCUT2D eigenvalue weighted by Gasteiger charge is 2.28. The normalized spacial score (nSPS) is 17.5. The van der Waals surface area contributed by atoms with Crippen molar-refractivity contribution in [2.75, 3.05) is 56.5 Å². The van der Waals surface area contributed by atoms with Crippen molar-refractivity contribution in [1.29, 1.82) is 0 Å². The van der Waals surface area contributed by atoms with Crippen molar-refractivity contribution in [2.24, 2.45) is 0 Å². The second-order valence-corrected chi connectivity index (χ2v) is 14.0. The van der Waals surface area contributed by atoms with Crippen LogP contribution in [0.1, 0.15) is 26.7 Å². The Kier molecular flexibility index (Phi) is 9.05. The van der Waals surface area contributed by atoms with Crippen LogP contribution in [-0.4, -0.2) is 90.6 Å². The lowest BCUT2D eigenvalue weighted by atomic mass is 10.0. The van der Waals surface area contributed by atoms with Crippen LogP contribution in [0.4, 0.5) is 17.3 Å². The summed E-state index contributed by atoms with van der Waals surface area (Å²) in [6.07, 6.45) is 4.72. The van der Waals surface area contributed by atoms with Crippen molar-refractivity contribution in [3.63, 3.8) is 0 Å². The van der Waals surface area contributed by atoms with Crippen LogP contribution < -0.4 is 10.2 Å². The fourth-order valence-electron chi connectivity index (χ4n) is 6.06. The van der Waals surface area contributed by atoms with Crippen LogP contribution in [0.25, 0.3) is 22.2 Å². The average molecular weight is 659 g/mol. The zero-order valence-electron chi connectivity index (χ0n) is 25.1. The molecule has 4 aromatic rings. The van der Waals surface area contributed by atoms with Crippen LogP contribution in [0.15, 0.2) is 54.9 Å². The Morgan fingerprint density at radius 3 is 2.41 bits per heavy atom. The van der Waals surface area contributed by atoms with E-state index < -0.39 is 16.4 Å². The summed E-state index contributed by atoms with van der Waals surface area (Å²) in [6, 6.07) is 13.6.